The number of allylic oxidation sites excluding steroid dienone is 6. The number of carbonyl (C=O) groups excluding carboxylic acids is 3. The molecule has 0 saturated carbocycles. The van der Waals surface area contributed by atoms with Gasteiger partial charge in [0.05, 0.1) is 6.61 Å². The highest BCUT2D eigenvalue weighted by molar-refractivity contribution is 5.74. The van der Waals surface area contributed by atoms with Gasteiger partial charge in [-0.2, -0.15) is 0 Å². The molecule has 3 N–H and O–H groups in total. The van der Waals surface area contributed by atoms with Crippen molar-refractivity contribution in [2.24, 2.45) is 0 Å². The van der Waals surface area contributed by atoms with E-state index in [4.69, 9.17) is 23.7 Å². The molecule has 1 aliphatic rings. The molecule has 77 heavy (non-hydrogen) atoms. The number of unbranched alkanes of at least 4 members (excludes halogenated alkanes) is 35. The van der Waals surface area contributed by atoms with Gasteiger partial charge < -0.3 is 39.0 Å². The van der Waals surface area contributed by atoms with E-state index in [9.17, 15) is 34.5 Å². The highest BCUT2D eigenvalue weighted by Gasteiger charge is 2.50. The summed E-state index contributed by atoms with van der Waals surface area (Å²) in [7, 11) is 0. The van der Waals surface area contributed by atoms with Gasteiger partial charge in [-0.25, -0.2) is 4.79 Å². The molecule has 12 heteroatoms. The van der Waals surface area contributed by atoms with Crippen LogP contribution in [0.15, 0.2) is 36.5 Å². The lowest BCUT2D eigenvalue weighted by atomic mass is 9.98. The molecule has 0 bridgehead atoms. The summed E-state index contributed by atoms with van der Waals surface area (Å²) in [6.07, 6.45) is 51.0. The van der Waals surface area contributed by atoms with Crippen LogP contribution in [0.1, 0.15) is 303 Å². The molecule has 0 spiro atoms. The highest BCUT2D eigenvalue weighted by Crippen LogP contribution is 2.27. The Morgan fingerprint density at radius 3 is 1.25 bits per heavy atom. The summed E-state index contributed by atoms with van der Waals surface area (Å²) in [5, 5.41) is 31.5. The van der Waals surface area contributed by atoms with Gasteiger partial charge in [0.25, 0.3) is 0 Å². The van der Waals surface area contributed by atoms with Crippen molar-refractivity contribution in [1.82, 2.24) is 0 Å². The average molecular weight is 1090 g/mol. The lowest BCUT2D eigenvalue weighted by Crippen LogP contribution is -2.61. The first-order valence-electron chi connectivity index (χ1n) is 32.0. The summed E-state index contributed by atoms with van der Waals surface area (Å²) >= 11 is 0. The predicted octanol–water partition coefficient (Wildman–Crippen LogP) is 16.8. The van der Waals surface area contributed by atoms with Crippen molar-refractivity contribution >= 4 is 23.9 Å². The second-order valence-corrected chi connectivity index (χ2v) is 22.0. The quantitative estimate of drug-likeness (QED) is 0.0228. The zero-order chi connectivity index (χ0) is 56.1. The Morgan fingerprint density at radius 1 is 0.442 bits per heavy atom. The van der Waals surface area contributed by atoms with Crippen LogP contribution < -0.4 is 0 Å². The Labute approximate surface area is 470 Å². The molecule has 6 atom stereocenters. The van der Waals surface area contributed by atoms with E-state index in [1.54, 1.807) is 0 Å². The maximum absolute atomic E-state index is 13.2. The van der Waals surface area contributed by atoms with Crippen molar-refractivity contribution in [1.29, 1.82) is 0 Å². The van der Waals surface area contributed by atoms with Gasteiger partial charge in [-0.1, -0.05) is 269 Å². The van der Waals surface area contributed by atoms with Gasteiger partial charge in [0.15, 0.2) is 24.6 Å². The van der Waals surface area contributed by atoms with E-state index in [2.05, 4.69) is 57.2 Å². The average Bonchev–Trinajstić information content (AvgIpc) is 3.42. The molecule has 12 nitrogen and oxygen atoms in total. The first-order valence-corrected chi connectivity index (χ1v) is 32.0. The molecule has 1 aliphatic heterocycles. The summed E-state index contributed by atoms with van der Waals surface area (Å²) in [6.45, 7) is 5.93. The number of esters is 3. The Kier molecular flexibility index (Phi) is 50.1. The molecule has 0 amide bonds. The van der Waals surface area contributed by atoms with Gasteiger partial charge in [-0.15, -0.1) is 0 Å². The largest absolute Gasteiger partial charge is 0.479 e. The minimum absolute atomic E-state index is 0.0529. The van der Waals surface area contributed by atoms with Crippen LogP contribution in [0.25, 0.3) is 0 Å². The lowest BCUT2D eigenvalue weighted by molar-refractivity contribution is -0.301. The molecular formula is C65H116O12. The smallest absolute Gasteiger partial charge is 0.335 e. The summed E-state index contributed by atoms with van der Waals surface area (Å²) < 4.78 is 28.5. The standard InChI is InChI=1S/C65H116O12/c1-4-7-10-13-16-19-22-25-27-29-31-34-36-39-42-45-48-51-57(66)73-54-56(75-58(67)52-49-46-43-40-37-33-24-21-18-15-12-9-6-3)55-74-65-63(61(70)60(69)62(77-65)64(71)72)76-59(68)53-50-47-44-41-38-35-32-30-28-26-23-20-17-14-11-8-5-2/h8,11,17,20,26,28,56,60-63,65,69-70H,4-7,9-10,12-16,18-19,21-25,27,29-55H2,1-3H3,(H,71,72)/b11-8-,20-17-,28-26-. The zero-order valence-electron chi connectivity index (χ0n) is 49.5. The van der Waals surface area contributed by atoms with Crippen molar-refractivity contribution in [2.75, 3.05) is 13.2 Å². The fourth-order valence-electron chi connectivity index (χ4n) is 9.86. The Bertz CT molecular complexity index is 1480. The van der Waals surface area contributed by atoms with E-state index >= 15 is 0 Å². The van der Waals surface area contributed by atoms with Crippen LogP contribution >= 0.6 is 0 Å². The highest BCUT2D eigenvalue weighted by atomic mass is 16.7. The van der Waals surface area contributed by atoms with Crippen molar-refractivity contribution in [2.45, 2.75) is 340 Å². The van der Waals surface area contributed by atoms with Crippen molar-refractivity contribution in [3.63, 3.8) is 0 Å². The third-order valence-corrected chi connectivity index (χ3v) is 14.7. The fourth-order valence-corrected chi connectivity index (χ4v) is 9.86. The first-order chi connectivity index (χ1) is 37.6. The minimum atomic E-state index is -1.90. The normalized spacial score (nSPS) is 18.2. The molecule has 0 aromatic carbocycles. The molecule has 1 saturated heterocycles. The van der Waals surface area contributed by atoms with Crippen LogP contribution in [0.5, 0.6) is 0 Å². The third-order valence-electron chi connectivity index (χ3n) is 14.7. The number of aliphatic carboxylic acids is 1. The molecule has 0 aromatic rings. The van der Waals surface area contributed by atoms with E-state index in [-0.39, 0.29) is 25.9 Å². The number of carboxylic acids is 1. The van der Waals surface area contributed by atoms with Crippen LogP contribution in [0.3, 0.4) is 0 Å². The first kappa shape index (κ1) is 72.0. The Balaban J connectivity index is 2.64. The van der Waals surface area contributed by atoms with E-state index in [0.717, 1.165) is 103 Å². The maximum Gasteiger partial charge on any atom is 0.335 e. The van der Waals surface area contributed by atoms with Crippen molar-refractivity contribution in [3.05, 3.63) is 36.5 Å². The topological polar surface area (TPSA) is 175 Å². The lowest BCUT2D eigenvalue weighted by Gasteiger charge is -2.40. The number of ether oxygens (including phenoxy) is 5. The Morgan fingerprint density at radius 2 is 0.818 bits per heavy atom. The van der Waals surface area contributed by atoms with Gasteiger partial charge in [-0.3, -0.25) is 14.4 Å². The van der Waals surface area contributed by atoms with Crippen LogP contribution in [0.2, 0.25) is 0 Å². The number of hydrogen-bond donors (Lipinski definition) is 3. The second-order valence-electron chi connectivity index (χ2n) is 22.0. The van der Waals surface area contributed by atoms with Gasteiger partial charge in [-0.05, 0) is 51.4 Å². The van der Waals surface area contributed by atoms with Gasteiger partial charge in [0.2, 0.25) is 0 Å². The number of hydrogen-bond acceptors (Lipinski definition) is 11. The van der Waals surface area contributed by atoms with E-state index in [1.165, 1.54) is 141 Å². The molecule has 448 valence electrons. The van der Waals surface area contributed by atoms with Crippen LogP contribution in [-0.2, 0) is 42.9 Å². The third kappa shape index (κ3) is 43.4. The summed E-state index contributed by atoms with van der Waals surface area (Å²) in [6, 6.07) is 0. The maximum atomic E-state index is 13.2. The molecule has 1 rings (SSSR count). The molecule has 1 heterocycles. The predicted molar refractivity (Wildman–Crippen MR) is 313 cm³/mol. The van der Waals surface area contributed by atoms with E-state index in [1.807, 2.05) is 0 Å². The van der Waals surface area contributed by atoms with Gasteiger partial charge in [0.1, 0.15) is 18.8 Å². The molecule has 0 aliphatic carbocycles. The summed E-state index contributed by atoms with van der Waals surface area (Å²) in [5.74, 6) is -3.10. The van der Waals surface area contributed by atoms with Crippen LogP contribution in [0, 0.1) is 0 Å². The SMILES string of the molecule is CC/C=C\C/C=C\C/C=C\CCCCCCCCCC(=O)OC1C(OCC(COC(=O)CCCCCCCCCCCCCCCCCCC)OC(=O)CCCCCCCCCCCCCCC)OC(C(=O)O)C(O)C1O. The number of aliphatic hydroxyl groups is 2. The zero-order valence-corrected chi connectivity index (χ0v) is 49.5. The minimum Gasteiger partial charge on any atom is -0.479 e. The van der Waals surface area contributed by atoms with E-state index in [0.29, 0.717) is 19.3 Å². The molecule has 0 aromatic heterocycles. The van der Waals surface area contributed by atoms with Crippen molar-refractivity contribution < 1.29 is 58.2 Å². The van der Waals surface area contributed by atoms with Crippen LogP contribution in [0.4, 0.5) is 0 Å². The molecular weight excluding hydrogens is 973 g/mol. The summed E-state index contributed by atoms with van der Waals surface area (Å²) in [4.78, 5) is 51.2. The van der Waals surface area contributed by atoms with E-state index < -0.39 is 67.3 Å². The fraction of sp³-hybridized carbons (Fsp3) is 0.846. The summed E-state index contributed by atoms with van der Waals surface area (Å²) in [5.41, 5.74) is 0. The second kappa shape index (κ2) is 53.6. The Hall–Kier alpha value is -3.06. The molecule has 0 radical (unpaired) electrons. The number of carbonyl (C=O) groups is 4. The number of rotatable bonds is 55. The molecule has 1 fully saturated rings. The molecule has 6 unspecified atom stereocenters. The number of carboxylic acid groups (broad SMARTS) is 1. The number of aliphatic hydroxyl groups excluding tert-OH is 2. The van der Waals surface area contributed by atoms with Crippen molar-refractivity contribution in [3.8, 4) is 0 Å². The monoisotopic (exact) mass is 1090 g/mol. The van der Waals surface area contributed by atoms with Crippen LogP contribution in [-0.4, -0.2) is 89.2 Å². The van der Waals surface area contributed by atoms with Gasteiger partial charge in [0, 0.05) is 19.3 Å². The van der Waals surface area contributed by atoms with Gasteiger partial charge >= 0.3 is 23.9 Å².